The van der Waals surface area contributed by atoms with E-state index in [0.29, 0.717) is 22.1 Å². The van der Waals surface area contributed by atoms with Crippen molar-refractivity contribution in [3.63, 3.8) is 0 Å². The summed E-state index contributed by atoms with van der Waals surface area (Å²) in [7, 11) is -3.66. The first kappa shape index (κ1) is 21.8. The Morgan fingerprint density at radius 2 is 1.93 bits per heavy atom. The van der Waals surface area contributed by atoms with E-state index in [-0.39, 0.29) is 19.0 Å². The Kier molecular flexibility index (Phi) is 6.42. The maximum atomic E-state index is 12.4. The third-order valence-electron chi connectivity index (χ3n) is 4.33. The second kappa shape index (κ2) is 8.85. The van der Waals surface area contributed by atoms with Crippen LogP contribution in [-0.2, 0) is 21.4 Å². The summed E-state index contributed by atoms with van der Waals surface area (Å²) < 4.78 is 30.7. The Hall–Kier alpha value is -2.91. The van der Waals surface area contributed by atoms with Crippen LogP contribution in [0.1, 0.15) is 17.0 Å². The molecule has 0 aliphatic carbocycles. The lowest BCUT2D eigenvalue weighted by Gasteiger charge is -2.23. The molecule has 30 heavy (non-hydrogen) atoms. The number of rotatable bonds is 7. The highest BCUT2D eigenvalue weighted by Crippen LogP contribution is 2.25. The summed E-state index contributed by atoms with van der Waals surface area (Å²) in [6.07, 6.45) is 1.06. The van der Waals surface area contributed by atoms with Crippen molar-refractivity contribution in [1.82, 2.24) is 15.5 Å². The van der Waals surface area contributed by atoms with Crippen LogP contribution in [0.2, 0.25) is 5.02 Å². The van der Waals surface area contributed by atoms with Gasteiger partial charge in [0, 0.05) is 5.56 Å². The van der Waals surface area contributed by atoms with Gasteiger partial charge in [0.1, 0.15) is 6.54 Å². The normalized spacial score (nSPS) is 11.3. The molecule has 1 amide bonds. The molecule has 0 atom stereocenters. The minimum atomic E-state index is -3.66. The quantitative estimate of drug-likeness (QED) is 0.595. The van der Waals surface area contributed by atoms with Crippen molar-refractivity contribution < 1.29 is 17.7 Å². The number of anilines is 1. The van der Waals surface area contributed by atoms with Gasteiger partial charge >= 0.3 is 0 Å². The zero-order chi connectivity index (χ0) is 21.9. The van der Waals surface area contributed by atoms with E-state index in [1.54, 1.807) is 43.3 Å². The standard InChI is InChI=1S/C20H21ClN4O4S/c1-13-8-9-17(14(2)10-13)25(30(3,27)28)12-18(26)22-11-19-23-20(24-29-19)15-6-4-5-7-16(15)21/h4-10H,11-12H2,1-3H3,(H,22,26). The fourth-order valence-electron chi connectivity index (χ4n) is 2.91. The van der Waals surface area contributed by atoms with Crippen molar-refractivity contribution in [2.45, 2.75) is 20.4 Å². The molecule has 0 aliphatic rings. The van der Waals surface area contributed by atoms with Crippen LogP contribution in [0.5, 0.6) is 0 Å². The minimum Gasteiger partial charge on any atom is -0.345 e. The summed E-state index contributed by atoms with van der Waals surface area (Å²) in [4.78, 5) is 16.6. The molecule has 0 fully saturated rings. The number of aryl methyl sites for hydroxylation is 2. The average Bonchev–Trinajstić information content (AvgIpc) is 3.13. The Morgan fingerprint density at radius 1 is 1.20 bits per heavy atom. The first-order valence-electron chi connectivity index (χ1n) is 9.04. The highest BCUT2D eigenvalue weighted by atomic mass is 35.5. The molecule has 0 radical (unpaired) electrons. The number of carbonyl (C=O) groups excluding carboxylic acids is 1. The predicted octanol–water partition coefficient (Wildman–Crippen LogP) is 3.09. The van der Waals surface area contributed by atoms with Crippen LogP contribution in [-0.4, -0.2) is 37.3 Å². The molecule has 3 rings (SSSR count). The fraction of sp³-hybridized carbons (Fsp3) is 0.250. The maximum absolute atomic E-state index is 12.4. The van der Waals surface area contributed by atoms with Crippen LogP contribution in [0, 0.1) is 13.8 Å². The first-order chi connectivity index (χ1) is 14.1. The largest absolute Gasteiger partial charge is 0.345 e. The average molecular weight is 449 g/mol. The molecule has 0 aliphatic heterocycles. The van der Waals surface area contributed by atoms with Gasteiger partial charge in [0.2, 0.25) is 27.6 Å². The summed E-state index contributed by atoms with van der Waals surface area (Å²) in [5, 5.41) is 6.95. The van der Waals surface area contributed by atoms with E-state index in [9.17, 15) is 13.2 Å². The molecule has 2 aromatic carbocycles. The number of aromatic nitrogens is 2. The van der Waals surface area contributed by atoms with Crippen LogP contribution in [0.15, 0.2) is 47.0 Å². The summed E-state index contributed by atoms with van der Waals surface area (Å²) in [6, 6.07) is 12.4. The SMILES string of the molecule is Cc1ccc(N(CC(=O)NCc2nc(-c3ccccc3Cl)no2)S(C)(=O)=O)c(C)c1. The van der Waals surface area contributed by atoms with Crippen molar-refractivity contribution in [2.24, 2.45) is 0 Å². The number of carbonyl (C=O) groups is 1. The topological polar surface area (TPSA) is 105 Å². The summed E-state index contributed by atoms with van der Waals surface area (Å²) in [6.45, 7) is 3.30. The van der Waals surface area contributed by atoms with Gasteiger partial charge in [-0.25, -0.2) is 8.42 Å². The molecule has 3 aromatic rings. The molecule has 8 nitrogen and oxygen atoms in total. The number of nitrogens with one attached hydrogen (secondary N) is 1. The van der Waals surface area contributed by atoms with Crippen molar-refractivity contribution in [3.8, 4) is 11.4 Å². The number of hydrogen-bond acceptors (Lipinski definition) is 6. The molecule has 1 heterocycles. The van der Waals surface area contributed by atoms with Crippen molar-refractivity contribution >= 4 is 33.2 Å². The highest BCUT2D eigenvalue weighted by molar-refractivity contribution is 7.92. The molecule has 158 valence electrons. The van der Waals surface area contributed by atoms with Crippen LogP contribution in [0.25, 0.3) is 11.4 Å². The van der Waals surface area contributed by atoms with Crippen molar-refractivity contribution in [1.29, 1.82) is 0 Å². The first-order valence-corrected chi connectivity index (χ1v) is 11.3. The van der Waals surface area contributed by atoms with E-state index in [4.69, 9.17) is 16.1 Å². The lowest BCUT2D eigenvalue weighted by Crippen LogP contribution is -2.40. The van der Waals surface area contributed by atoms with Gasteiger partial charge in [-0.2, -0.15) is 4.98 Å². The smallest absolute Gasteiger partial charge is 0.246 e. The molecule has 0 unspecified atom stereocenters. The third-order valence-corrected chi connectivity index (χ3v) is 5.78. The van der Waals surface area contributed by atoms with E-state index >= 15 is 0 Å². The molecule has 0 saturated heterocycles. The van der Waals surface area contributed by atoms with Gasteiger partial charge < -0.3 is 9.84 Å². The second-order valence-electron chi connectivity index (χ2n) is 6.83. The van der Waals surface area contributed by atoms with Crippen LogP contribution < -0.4 is 9.62 Å². The summed E-state index contributed by atoms with van der Waals surface area (Å²) >= 11 is 6.12. The van der Waals surface area contributed by atoms with Crippen molar-refractivity contribution in [2.75, 3.05) is 17.1 Å². The number of amides is 1. The van der Waals surface area contributed by atoms with E-state index in [0.717, 1.165) is 21.7 Å². The third kappa shape index (κ3) is 5.17. The molecule has 0 spiro atoms. The zero-order valence-electron chi connectivity index (χ0n) is 16.7. The molecule has 0 bridgehead atoms. The van der Waals surface area contributed by atoms with Gasteiger partial charge in [-0.1, -0.05) is 46.6 Å². The maximum Gasteiger partial charge on any atom is 0.246 e. The van der Waals surface area contributed by atoms with Gasteiger partial charge in [-0.15, -0.1) is 0 Å². The van der Waals surface area contributed by atoms with E-state index < -0.39 is 15.9 Å². The minimum absolute atomic E-state index is 0.0409. The lowest BCUT2D eigenvalue weighted by molar-refractivity contribution is -0.119. The van der Waals surface area contributed by atoms with Crippen LogP contribution in [0.3, 0.4) is 0 Å². The molecule has 0 saturated carbocycles. The number of halogens is 1. The molecular formula is C20H21ClN4O4S. The van der Waals surface area contributed by atoms with Crippen molar-refractivity contribution in [3.05, 3.63) is 64.5 Å². The van der Waals surface area contributed by atoms with E-state index in [1.807, 2.05) is 13.0 Å². The summed E-state index contributed by atoms with van der Waals surface area (Å²) in [5.41, 5.74) is 2.82. The molecule has 1 N–H and O–H groups in total. The molecule has 1 aromatic heterocycles. The van der Waals surface area contributed by atoms with Crippen LogP contribution >= 0.6 is 11.6 Å². The highest BCUT2D eigenvalue weighted by Gasteiger charge is 2.22. The predicted molar refractivity (Wildman–Crippen MR) is 115 cm³/mol. The lowest BCUT2D eigenvalue weighted by atomic mass is 10.1. The van der Waals surface area contributed by atoms with Gasteiger partial charge in [0.25, 0.3) is 0 Å². The monoisotopic (exact) mass is 448 g/mol. The Morgan fingerprint density at radius 3 is 2.60 bits per heavy atom. The van der Waals surface area contributed by atoms with E-state index in [2.05, 4.69) is 15.5 Å². The Labute approximate surface area is 179 Å². The number of sulfonamides is 1. The van der Waals surface area contributed by atoms with Crippen LogP contribution in [0.4, 0.5) is 5.69 Å². The summed E-state index contributed by atoms with van der Waals surface area (Å²) in [5.74, 6) is -0.0218. The molecule has 10 heteroatoms. The van der Waals surface area contributed by atoms with E-state index in [1.165, 1.54) is 0 Å². The number of benzene rings is 2. The van der Waals surface area contributed by atoms with Gasteiger partial charge in [-0.05, 0) is 37.6 Å². The number of hydrogen-bond donors (Lipinski definition) is 1. The zero-order valence-corrected chi connectivity index (χ0v) is 18.3. The molecular weight excluding hydrogens is 428 g/mol. The van der Waals surface area contributed by atoms with Gasteiger partial charge in [-0.3, -0.25) is 9.10 Å². The Bertz CT molecular complexity index is 1180. The van der Waals surface area contributed by atoms with Gasteiger partial charge in [0.05, 0.1) is 23.5 Å². The second-order valence-corrected chi connectivity index (χ2v) is 9.14. The number of nitrogens with zero attached hydrogens (tertiary/aromatic N) is 3. The van der Waals surface area contributed by atoms with Gasteiger partial charge in [0.15, 0.2) is 0 Å². The Balaban J connectivity index is 1.69. The fourth-order valence-corrected chi connectivity index (χ4v) is 4.04.